The van der Waals surface area contributed by atoms with E-state index in [0.717, 1.165) is 45.4 Å². The van der Waals surface area contributed by atoms with E-state index < -0.39 is 5.97 Å². The first-order chi connectivity index (χ1) is 9.44. The standard InChI is InChI=1S/C15H26N2O3/c1-12(2)17-9-4-6-15(14(17)20)7-10-16(11-15)8-3-5-13(18)19/h12H,3-11H2,1-2H3,(H,18,19)/t15-/m0/s1. The lowest BCUT2D eigenvalue weighted by Gasteiger charge is -2.41. The number of nitrogens with zero attached hydrogens (tertiary/aromatic N) is 2. The van der Waals surface area contributed by atoms with Gasteiger partial charge in [0.15, 0.2) is 0 Å². The summed E-state index contributed by atoms with van der Waals surface area (Å²) in [7, 11) is 0. The van der Waals surface area contributed by atoms with Crippen molar-refractivity contribution >= 4 is 11.9 Å². The van der Waals surface area contributed by atoms with Crippen LogP contribution in [0.5, 0.6) is 0 Å². The fourth-order valence-corrected chi connectivity index (χ4v) is 3.58. The Hall–Kier alpha value is -1.10. The molecule has 1 atom stereocenters. The van der Waals surface area contributed by atoms with Crippen molar-refractivity contribution in [3.63, 3.8) is 0 Å². The Balaban J connectivity index is 1.92. The minimum Gasteiger partial charge on any atom is -0.481 e. The van der Waals surface area contributed by atoms with Crippen LogP contribution < -0.4 is 0 Å². The molecular weight excluding hydrogens is 256 g/mol. The lowest BCUT2D eigenvalue weighted by atomic mass is 9.78. The Bertz CT molecular complexity index is 383. The Morgan fingerprint density at radius 2 is 2.10 bits per heavy atom. The largest absolute Gasteiger partial charge is 0.481 e. The van der Waals surface area contributed by atoms with E-state index in [1.54, 1.807) is 0 Å². The third-order valence-corrected chi connectivity index (χ3v) is 4.69. The Labute approximate surface area is 120 Å². The zero-order chi connectivity index (χ0) is 14.8. The number of carboxylic acids is 1. The van der Waals surface area contributed by atoms with E-state index in [4.69, 9.17) is 5.11 Å². The lowest BCUT2D eigenvalue weighted by Crippen LogP contribution is -2.52. The SMILES string of the molecule is CC(C)N1CCC[C@@]2(CCN(CCCC(=O)O)C2)C1=O. The van der Waals surface area contributed by atoms with E-state index >= 15 is 0 Å². The Morgan fingerprint density at radius 3 is 2.75 bits per heavy atom. The molecule has 2 aliphatic heterocycles. The number of rotatable bonds is 5. The number of amides is 1. The molecule has 114 valence electrons. The van der Waals surface area contributed by atoms with Crippen molar-refractivity contribution in [2.75, 3.05) is 26.2 Å². The number of piperidine rings is 1. The second-order valence-corrected chi connectivity index (χ2v) is 6.50. The zero-order valence-corrected chi connectivity index (χ0v) is 12.6. The number of hydrogen-bond donors (Lipinski definition) is 1. The second kappa shape index (κ2) is 6.12. The van der Waals surface area contributed by atoms with Gasteiger partial charge in [0.1, 0.15) is 0 Å². The van der Waals surface area contributed by atoms with Crippen LogP contribution in [0.4, 0.5) is 0 Å². The van der Waals surface area contributed by atoms with Gasteiger partial charge in [-0.1, -0.05) is 0 Å². The summed E-state index contributed by atoms with van der Waals surface area (Å²) < 4.78 is 0. The van der Waals surface area contributed by atoms with Crippen molar-refractivity contribution in [1.82, 2.24) is 9.80 Å². The van der Waals surface area contributed by atoms with Crippen LogP contribution in [0.15, 0.2) is 0 Å². The molecule has 2 rings (SSSR count). The summed E-state index contributed by atoms with van der Waals surface area (Å²) >= 11 is 0. The van der Waals surface area contributed by atoms with Crippen molar-refractivity contribution in [2.24, 2.45) is 5.41 Å². The smallest absolute Gasteiger partial charge is 0.303 e. The van der Waals surface area contributed by atoms with Gasteiger partial charge in [0.05, 0.1) is 5.41 Å². The van der Waals surface area contributed by atoms with Gasteiger partial charge in [-0.15, -0.1) is 0 Å². The average Bonchev–Trinajstić information content (AvgIpc) is 2.77. The molecule has 1 N–H and O–H groups in total. The molecule has 1 amide bonds. The quantitative estimate of drug-likeness (QED) is 0.831. The molecule has 0 saturated carbocycles. The van der Waals surface area contributed by atoms with Crippen molar-refractivity contribution in [2.45, 2.75) is 52.0 Å². The van der Waals surface area contributed by atoms with Crippen molar-refractivity contribution in [3.05, 3.63) is 0 Å². The summed E-state index contributed by atoms with van der Waals surface area (Å²) in [6.07, 6.45) is 3.91. The van der Waals surface area contributed by atoms with Crippen molar-refractivity contribution < 1.29 is 14.7 Å². The average molecular weight is 282 g/mol. The van der Waals surface area contributed by atoms with Crippen LogP contribution in [0.2, 0.25) is 0 Å². The number of carbonyl (C=O) groups is 2. The van der Waals surface area contributed by atoms with Gasteiger partial charge in [-0.05, 0) is 52.6 Å². The molecule has 1 spiro atoms. The maximum atomic E-state index is 12.7. The van der Waals surface area contributed by atoms with Crippen LogP contribution >= 0.6 is 0 Å². The molecule has 0 aliphatic carbocycles. The maximum Gasteiger partial charge on any atom is 0.303 e. The predicted molar refractivity (Wildman–Crippen MR) is 76.4 cm³/mol. The number of hydrogen-bond acceptors (Lipinski definition) is 3. The van der Waals surface area contributed by atoms with Gasteiger partial charge in [0.2, 0.25) is 5.91 Å². The van der Waals surface area contributed by atoms with Crippen molar-refractivity contribution in [3.8, 4) is 0 Å². The monoisotopic (exact) mass is 282 g/mol. The van der Waals surface area contributed by atoms with Crippen LogP contribution in [-0.2, 0) is 9.59 Å². The van der Waals surface area contributed by atoms with E-state index in [0.29, 0.717) is 12.3 Å². The molecule has 0 aromatic heterocycles. The minimum atomic E-state index is -0.737. The number of carboxylic acid groups (broad SMARTS) is 1. The lowest BCUT2D eigenvalue weighted by molar-refractivity contribution is -0.147. The van der Waals surface area contributed by atoms with Crippen molar-refractivity contribution in [1.29, 1.82) is 0 Å². The first kappa shape index (κ1) is 15.3. The molecule has 0 aromatic carbocycles. The molecule has 5 nitrogen and oxygen atoms in total. The predicted octanol–water partition coefficient (Wildman–Crippen LogP) is 1.57. The maximum absolute atomic E-state index is 12.7. The van der Waals surface area contributed by atoms with Gasteiger partial charge in [-0.25, -0.2) is 0 Å². The van der Waals surface area contributed by atoms with Crippen LogP contribution in [0.3, 0.4) is 0 Å². The number of likely N-dealkylation sites (tertiary alicyclic amines) is 2. The number of carbonyl (C=O) groups excluding carboxylic acids is 1. The molecule has 2 fully saturated rings. The van der Waals surface area contributed by atoms with E-state index in [-0.39, 0.29) is 17.9 Å². The van der Waals surface area contributed by atoms with Gasteiger partial charge in [-0.3, -0.25) is 9.59 Å². The van der Waals surface area contributed by atoms with Gasteiger partial charge < -0.3 is 14.9 Å². The Morgan fingerprint density at radius 1 is 1.35 bits per heavy atom. The highest BCUT2D eigenvalue weighted by Gasteiger charge is 2.48. The number of aliphatic carboxylic acids is 1. The van der Waals surface area contributed by atoms with Crippen LogP contribution in [-0.4, -0.2) is 59.0 Å². The summed E-state index contributed by atoms with van der Waals surface area (Å²) in [6, 6.07) is 0.278. The van der Waals surface area contributed by atoms with Crippen LogP contribution in [0.25, 0.3) is 0 Å². The molecule has 0 radical (unpaired) electrons. The highest BCUT2D eigenvalue weighted by atomic mass is 16.4. The first-order valence-corrected chi connectivity index (χ1v) is 7.70. The summed E-state index contributed by atoms with van der Waals surface area (Å²) in [5.74, 6) is -0.418. The molecule has 20 heavy (non-hydrogen) atoms. The van der Waals surface area contributed by atoms with Gasteiger partial charge >= 0.3 is 5.97 Å². The molecule has 0 aromatic rings. The van der Waals surface area contributed by atoms with Crippen LogP contribution in [0, 0.1) is 5.41 Å². The molecule has 2 aliphatic rings. The van der Waals surface area contributed by atoms with Gasteiger partial charge in [0.25, 0.3) is 0 Å². The second-order valence-electron chi connectivity index (χ2n) is 6.50. The first-order valence-electron chi connectivity index (χ1n) is 7.70. The fourth-order valence-electron chi connectivity index (χ4n) is 3.58. The molecule has 0 bridgehead atoms. The Kier molecular flexibility index (Phi) is 4.68. The summed E-state index contributed by atoms with van der Waals surface area (Å²) in [6.45, 7) is 7.58. The molecule has 2 saturated heterocycles. The highest BCUT2D eigenvalue weighted by Crippen LogP contribution is 2.40. The minimum absolute atomic E-state index is 0.189. The van der Waals surface area contributed by atoms with E-state index in [2.05, 4.69) is 18.7 Å². The summed E-state index contributed by atoms with van der Waals surface area (Å²) in [4.78, 5) is 27.6. The fraction of sp³-hybridized carbons (Fsp3) is 0.867. The zero-order valence-electron chi connectivity index (χ0n) is 12.6. The molecule has 2 heterocycles. The van der Waals surface area contributed by atoms with E-state index in [1.807, 2.05) is 4.90 Å². The molecule has 0 unspecified atom stereocenters. The highest BCUT2D eigenvalue weighted by molar-refractivity contribution is 5.84. The van der Waals surface area contributed by atoms with Gasteiger partial charge in [0, 0.05) is 25.6 Å². The van der Waals surface area contributed by atoms with E-state index in [1.165, 1.54) is 0 Å². The van der Waals surface area contributed by atoms with E-state index in [9.17, 15) is 9.59 Å². The normalized spacial score (nSPS) is 27.8. The molecule has 5 heteroatoms. The third-order valence-electron chi connectivity index (χ3n) is 4.69. The third kappa shape index (κ3) is 3.14. The molecular formula is C15H26N2O3. The van der Waals surface area contributed by atoms with Gasteiger partial charge in [-0.2, -0.15) is 0 Å². The topological polar surface area (TPSA) is 60.9 Å². The summed E-state index contributed by atoms with van der Waals surface area (Å²) in [5.41, 5.74) is -0.189. The summed E-state index contributed by atoms with van der Waals surface area (Å²) in [5, 5.41) is 8.69. The van der Waals surface area contributed by atoms with Crippen LogP contribution in [0.1, 0.15) is 46.0 Å².